The van der Waals surface area contributed by atoms with Crippen LogP contribution < -0.4 is 10.2 Å². The second kappa shape index (κ2) is 9.21. The lowest BCUT2D eigenvalue weighted by atomic mass is 10.2. The number of rotatable bonds is 5. The summed E-state index contributed by atoms with van der Waals surface area (Å²) in [6.45, 7) is 2.58. The van der Waals surface area contributed by atoms with Gasteiger partial charge in [0.1, 0.15) is 0 Å². The molecule has 3 rings (SSSR count). The van der Waals surface area contributed by atoms with Crippen LogP contribution in [0, 0.1) is 0 Å². The van der Waals surface area contributed by atoms with Gasteiger partial charge in [-0.15, -0.1) is 0 Å². The van der Waals surface area contributed by atoms with Crippen molar-refractivity contribution in [3.05, 3.63) is 59.1 Å². The minimum absolute atomic E-state index is 0.0442. The van der Waals surface area contributed by atoms with Crippen molar-refractivity contribution in [2.75, 3.05) is 43.9 Å². The number of piperazine rings is 1. The first-order chi connectivity index (χ1) is 13.4. The smallest absolute Gasteiger partial charge is 0.251 e. The van der Waals surface area contributed by atoms with E-state index in [1.165, 1.54) is 0 Å². The van der Waals surface area contributed by atoms with Crippen molar-refractivity contribution >= 4 is 39.9 Å². The lowest BCUT2D eigenvalue weighted by Crippen LogP contribution is -2.51. The number of halogens is 1. The van der Waals surface area contributed by atoms with Crippen molar-refractivity contribution in [2.24, 2.45) is 0 Å². The molecular formula is C20H22ClN3O3S. The Morgan fingerprint density at radius 3 is 2.36 bits per heavy atom. The predicted octanol–water partition coefficient (Wildman–Crippen LogP) is 2.16. The number of nitrogens with one attached hydrogen (secondary N) is 1. The van der Waals surface area contributed by atoms with Gasteiger partial charge in [0.25, 0.3) is 5.91 Å². The maximum absolute atomic E-state index is 12.4. The molecule has 6 nitrogen and oxygen atoms in total. The third-order valence-corrected chi connectivity index (χ3v) is 5.83. The normalized spacial score (nSPS) is 15.2. The number of carbonyl (C=O) groups excluding carboxylic acids is 2. The average molecular weight is 420 g/mol. The number of benzene rings is 2. The highest BCUT2D eigenvalue weighted by Crippen LogP contribution is 2.20. The fourth-order valence-electron chi connectivity index (χ4n) is 3.05. The molecule has 2 aromatic carbocycles. The zero-order valence-electron chi connectivity index (χ0n) is 15.6. The molecule has 28 heavy (non-hydrogen) atoms. The second-order valence-electron chi connectivity index (χ2n) is 6.51. The highest BCUT2D eigenvalue weighted by atomic mass is 35.5. The molecule has 2 amide bonds. The monoisotopic (exact) mass is 419 g/mol. The summed E-state index contributed by atoms with van der Waals surface area (Å²) in [4.78, 5) is 29.2. The first-order valence-corrected chi connectivity index (χ1v) is 10.9. The molecule has 1 unspecified atom stereocenters. The molecular weight excluding hydrogens is 398 g/mol. The SMILES string of the molecule is CS(=O)c1ccc(C(=O)NCC(=O)N2CCN(c3cccc(Cl)c3)CC2)cc1. The zero-order chi connectivity index (χ0) is 20.1. The molecule has 1 fully saturated rings. The number of carbonyl (C=O) groups is 2. The molecule has 1 saturated heterocycles. The van der Waals surface area contributed by atoms with E-state index in [0.29, 0.717) is 28.6 Å². The predicted molar refractivity (Wildman–Crippen MR) is 111 cm³/mol. The van der Waals surface area contributed by atoms with Gasteiger partial charge in [0.05, 0.1) is 6.54 Å². The van der Waals surface area contributed by atoms with Gasteiger partial charge in [0.15, 0.2) is 0 Å². The number of hydrogen-bond acceptors (Lipinski definition) is 4. The summed E-state index contributed by atoms with van der Waals surface area (Å²) < 4.78 is 11.4. The van der Waals surface area contributed by atoms with Crippen LogP contribution >= 0.6 is 11.6 Å². The minimum atomic E-state index is -1.09. The van der Waals surface area contributed by atoms with E-state index in [2.05, 4.69) is 10.2 Å². The molecule has 1 heterocycles. The maximum Gasteiger partial charge on any atom is 0.251 e. The summed E-state index contributed by atoms with van der Waals surface area (Å²) in [5, 5.41) is 3.35. The Kier molecular flexibility index (Phi) is 6.70. The van der Waals surface area contributed by atoms with Gasteiger partial charge >= 0.3 is 0 Å². The molecule has 0 spiro atoms. The van der Waals surface area contributed by atoms with Crippen molar-refractivity contribution in [1.82, 2.24) is 10.2 Å². The van der Waals surface area contributed by atoms with Crippen molar-refractivity contribution in [1.29, 1.82) is 0 Å². The van der Waals surface area contributed by atoms with Crippen LogP contribution in [0.4, 0.5) is 5.69 Å². The fourth-order valence-corrected chi connectivity index (χ4v) is 3.76. The largest absolute Gasteiger partial charge is 0.368 e. The van der Waals surface area contributed by atoms with Crippen molar-refractivity contribution < 1.29 is 13.8 Å². The number of anilines is 1. The molecule has 1 atom stereocenters. The van der Waals surface area contributed by atoms with Crippen LogP contribution in [-0.4, -0.2) is 59.9 Å². The molecule has 2 aromatic rings. The van der Waals surface area contributed by atoms with Gasteiger partial charge < -0.3 is 15.1 Å². The van der Waals surface area contributed by atoms with Gasteiger partial charge in [-0.2, -0.15) is 0 Å². The maximum atomic E-state index is 12.4. The molecule has 0 aliphatic carbocycles. The minimum Gasteiger partial charge on any atom is -0.368 e. The van der Waals surface area contributed by atoms with Gasteiger partial charge in [-0.05, 0) is 42.5 Å². The molecule has 148 valence electrons. The van der Waals surface area contributed by atoms with Crippen LogP contribution in [-0.2, 0) is 15.6 Å². The van der Waals surface area contributed by atoms with Crippen molar-refractivity contribution in [2.45, 2.75) is 4.90 Å². The number of nitrogens with zero attached hydrogens (tertiary/aromatic N) is 2. The Labute approximate surface area is 171 Å². The topological polar surface area (TPSA) is 69.7 Å². The van der Waals surface area contributed by atoms with Crippen molar-refractivity contribution in [3.8, 4) is 0 Å². The summed E-state index contributed by atoms with van der Waals surface area (Å²) in [6, 6.07) is 14.2. The first kappa shape index (κ1) is 20.4. The Bertz CT molecular complexity index is 881. The second-order valence-corrected chi connectivity index (χ2v) is 8.32. The Morgan fingerprint density at radius 2 is 1.75 bits per heavy atom. The van der Waals surface area contributed by atoms with E-state index in [1.807, 2.05) is 24.3 Å². The molecule has 1 aliphatic heterocycles. The molecule has 8 heteroatoms. The standard InChI is InChI=1S/C20H22ClN3O3S/c1-28(27)18-7-5-15(6-8-18)20(26)22-14-19(25)24-11-9-23(10-12-24)17-4-2-3-16(21)13-17/h2-8,13H,9-12,14H2,1H3,(H,22,26). The summed E-state index contributed by atoms with van der Waals surface area (Å²) in [5.41, 5.74) is 1.48. The van der Waals surface area contributed by atoms with Crippen LogP contribution in [0.25, 0.3) is 0 Å². The average Bonchev–Trinajstić information content (AvgIpc) is 2.72. The summed E-state index contributed by atoms with van der Waals surface area (Å²) in [6.07, 6.45) is 1.58. The van der Waals surface area contributed by atoms with Gasteiger partial charge in [-0.25, -0.2) is 0 Å². The zero-order valence-corrected chi connectivity index (χ0v) is 17.1. The Balaban J connectivity index is 1.48. The Morgan fingerprint density at radius 1 is 1.07 bits per heavy atom. The summed E-state index contributed by atoms with van der Waals surface area (Å²) in [7, 11) is -1.09. The van der Waals surface area contributed by atoms with E-state index in [9.17, 15) is 13.8 Å². The lowest BCUT2D eigenvalue weighted by molar-refractivity contribution is -0.130. The fraction of sp³-hybridized carbons (Fsp3) is 0.300. The molecule has 1 aliphatic rings. The van der Waals surface area contributed by atoms with Crippen LogP contribution in [0.5, 0.6) is 0 Å². The van der Waals surface area contributed by atoms with E-state index < -0.39 is 10.8 Å². The van der Waals surface area contributed by atoms with Gasteiger partial charge in [-0.1, -0.05) is 17.7 Å². The van der Waals surface area contributed by atoms with Gasteiger partial charge in [0, 0.05) is 64.4 Å². The van der Waals surface area contributed by atoms with Gasteiger partial charge in [0.2, 0.25) is 5.91 Å². The van der Waals surface area contributed by atoms with E-state index in [1.54, 1.807) is 35.4 Å². The van der Waals surface area contributed by atoms with Crippen molar-refractivity contribution in [3.63, 3.8) is 0 Å². The molecule has 1 N–H and O–H groups in total. The quantitative estimate of drug-likeness (QED) is 0.806. The Hall–Kier alpha value is -2.38. The molecule has 0 aromatic heterocycles. The van der Waals surface area contributed by atoms with Crippen LogP contribution in [0.1, 0.15) is 10.4 Å². The van der Waals surface area contributed by atoms with E-state index in [4.69, 9.17) is 11.6 Å². The lowest BCUT2D eigenvalue weighted by Gasteiger charge is -2.36. The molecule has 0 saturated carbocycles. The third-order valence-electron chi connectivity index (χ3n) is 4.65. The highest BCUT2D eigenvalue weighted by molar-refractivity contribution is 7.84. The number of hydrogen-bond donors (Lipinski definition) is 1. The van der Waals surface area contributed by atoms with E-state index in [0.717, 1.165) is 18.8 Å². The van der Waals surface area contributed by atoms with E-state index in [-0.39, 0.29) is 18.4 Å². The van der Waals surface area contributed by atoms with E-state index >= 15 is 0 Å². The third kappa shape index (κ3) is 5.11. The summed E-state index contributed by atoms with van der Waals surface area (Å²) in [5.74, 6) is -0.426. The number of amides is 2. The highest BCUT2D eigenvalue weighted by Gasteiger charge is 2.21. The first-order valence-electron chi connectivity index (χ1n) is 8.94. The molecule has 0 radical (unpaired) electrons. The van der Waals surface area contributed by atoms with Crippen LogP contribution in [0.2, 0.25) is 5.02 Å². The summed E-state index contributed by atoms with van der Waals surface area (Å²) >= 11 is 6.04. The van der Waals surface area contributed by atoms with Crippen LogP contribution in [0.15, 0.2) is 53.4 Å². The van der Waals surface area contributed by atoms with Crippen LogP contribution in [0.3, 0.4) is 0 Å². The molecule has 0 bridgehead atoms. The van der Waals surface area contributed by atoms with Gasteiger partial charge in [-0.3, -0.25) is 13.8 Å².